The molecule has 0 spiro atoms. The molecule has 0 aliphatic carbocycles. The van der Waals surface area contributed by atoms with Gasteiger partial charge >= 0.3 is 0 Å². The van der Waals surface area contributed by atoms with E-state index in [-0.39, 0.29) is 11.9 Å². The van der Waals surface area contributed by atoms with Crippen LogP contribution in [0.4, 0.5) is 5.95 Å². The molecular weight excluding hydrogens is 412 g/mol. The van der Waals surface area contributed by atoms with Crippen LogP contribution in [0.15, 0.2) is 42.7 Å². The molecule has 0 N–H and O–H groups in total. The summed E-state index contributed by atoms with van der Waals surface area (Å²) >= 11 is 6.27. The average molecular weight is 439 g/mol. The van der Waals surface area contributed by atoms with Crippen molar-refractivity contribution >= 4 is 23.5 Å². The average Bonchev–Trinajstić information content (AvgIpc) is 3.27. The number of carbonyl (C=O) groups is 1. The van der Waals surface area contributed by atoms with Crippen molar-refractivity contribution in [3.05, 3.63) is 59.1 Å². The topological polar surface area (TPSA) is 67.2 Å². The number of likely N-dealkylation sites (tertiary alicyclic amines) is 1. The van der Waals surface area contributed by atoms with E-state index >= 15 is 0 Å². The normalized spacial score (nSPS) is 16.4. The van der Waals surface area contributed by atoms with Gasteiger partial charge in [0.1, 0.15) is 5.69 Å². The van der Waals surface area contributed by atoms with Crippen LogP contribution in [0.5, 0.6) is 0 Å². The largest absolute Gasteiger partial charge is 0.347 e. The maximum atomic E-state index is 13.4. The smallest absolute Gasteiger partial charge is 0.274 e. The molecule has 1 aliphatic rings. The van der Waals surface area contributed by atoms with Crippen LogP contribution in [0.25, 0.3) is 11.1 Å². The fourth-order valence-corrected chi connectivity index (χ4v) is 4.18. The maximum absolute atomic E-state index is 13.4. The first-order chi connectivity index (χ1) is 15.0. The van der Waals surface area contributed by atoms with Gasteiger partial charge in [0.05, 0.1) is 11.7 Å². The zero-order chi connectivity index (χ0) is 22.0. The van der Waals surface area contributed by atoms with Crippen molar-refractivity contribution in [3.63, 3.8) is 0 Å². The molecule has 1 aromatic carbocycles. The molecule has 0 saturated carbocycles. The first kappa shape index (κ1) is 21.3. The number of carbonyl (C=O) groups excluding carboxylic acids is 1. The predicted octanol–water partition coefficient (Wildman–Crippen LogP) is 4.45. The second kappa shape index (κ2) is 9.06. The van der Waals surface area contributed by atoms with Crippen LogP contribution in [0.2, 0.25) is 5.02 Å². The third kappa shape index (κ3) is 4.42. The molecule has 0 bridgehead atoms. The molecule has 2 aromatic heterocycles. The number of rotatable bonds is 5. The highest BCUT2D eigenvalue weighted by atomic mass is 35.5. The number of halogens is 1. The SMILES string of the molecule is CCn1ccc(C(=O)N2CCCCC2c2nc(N(C)C)ncc2-c2cccc(Cl)c2)n1. The molecule has 1 aliphatic heterocycles. The van der Waals surface area contributed by atoms with Crippen molar-refractivity contribution in [2.45, 2.75) is 38.8 Å². The monoisotopic (exact) mass is 438 g/mol. The van der Waals surface area contributed by atoms with E-state index in [2.05, 4.69) is 10.1 Å². The highest BCUT2D eigenvalue weighted by molar-refractivity contribution is 6.30. The van der Waals surface area contributed by atoms with Gasteiger partial charge in [-0.05, 0) is 49.9 Å². The third-order valence-corrected chi connectivity index (χ3v) is 5.84. The minimum Gasteiger partial charge on any atom is -0.347 e. The molecule has 162 valence electrons. The van der Waals surface area contributed by atoms with Crippen molar-refractivity contribution in [1.82, 2.24) is 24.6 Å². The molecule has 3 aromatic rings. The summed E-state index contributed by atoms with van der Waals surface area (Å²) in [5.74, 6) is 0.563. The van der Waals surface area contributed by atoms with Crippen molar-refractivity contribution in [1.29, 1.82) is 0 Å². The van der Waals surface area contributed by atoms with Gasteiger partial charge in [-0.25, -0.2) is 9.97 Å². The van der Waals surface area contributed by atoms with Gasteiger partial charge in [-0.3, -0.25) is 9.48 Å². The summed E-state index contributed by atoms with van der Waals surface area (Å²) in [5.41, 5.74) is 3.17. The van der Waals surface area contributed by atoms with Crippen LogP contribution < -0.4 is 4.90 Å². The van der Waals surface area contributed by atoms with Crippen molar-refractivity contribution < 1.29 is 4.79 Å². The molecule has 4 rings (SSSR count). The van der Waals surface area contributed by atoms with Gasteiger partial charge in [-0.15, -0.1) is 0 Å². The molecule has 8 heteroatoms. The van der Waals surface area contributed by atoms with Gasteiger partial charge in [0.25, 0.3) is 5.91 Å². The fourth-order valence-electron chi connectivity index (χ4n) is 3.99. The number of piperidine rings is 1. The standard InChI is InChI=1S/C23H27ClN6O/c1-4-29-13-11-19(27-29)22(31)30-12-6-5-10-20(30)21-18(15-25-23(26-21)28(2)3)16-8-7-9-17(24)14-16/h7-9,11,13-15,20H,4-6,10,12H2,1-3H3. The molecule has 1 amide bonds. The Bertz CT molecular complexity index is 1080. The van der Waals surface area contributed by atoms with E-state index in [1.54, 1.807) is 10.7 Å². The summed E-state index contributed by atoms with van der Waals surface area (Å²) in [6.07, 6.45) is 6.53. The number of amides is 1. The van der Waals surface area contributed by atoms with Crippen molar-refractivity contribution in [2.75, 3.05) is 25.5 Å². The Balaban J connectivity index is 1.79. The van der Waals surface area contributed by atoms with Crippen LogP contribution >= 0.6 is 11.6 Å². The highest BCUT2D eigenvalue weighted by Gasteiger charge is 2.33. The van der Waals surface area contributed by atoms with E-state index in [4.69, 9.17) is 16.6 Å². The third-order valence-electron chi connectivity index (χ3n) is 5.60. The van der Waals surface area contributed by atoms with E-state index in [1.807, 2.05) is 67.5 Å². The Morgan fingerprint density at radius 2 is 2.10 bits per heavy atom. The van der Waals surface area contributed by atoms with E-state index in [9.17, 15) is 4.79 Å². The highest BCUT2D eigenvalue weighted by Crippen LogP contribution is 2.37. The Labute approximate surface area is 187 Å². The van der Waals surface area contributed by atoms with Gasteiger partial charge in [-0.2, -0.15) is 5.10 Å². The van der Waals surface area contributed by atoms with Gasteiger partial charge in [0.15, 0.2) is 0 Å². The number of hydrogen-bond donors (Lipinski definition) is 0. The van der Waals surface area contributed by atoms with E-state index in [1.165, 1.54) is 0 Å². The lowest BCUT2D eigenvalue weighted by atomic mass is 9.93. The zero-order valence-electron chi connectivity index (χ0n) is 18.1. The molecule has 3 heterocycles. The molecule has 1 saturated heterocycles. The lowest BCUT2D eigenvalue weighted by molar-refractivity contribution is 0.0599. The lowest BCUT2D eigenvalue weighted by Gasteiger charge is -2.36. The summed E-state index contributed by atoms with van der Waals surface area (Å²) < 4.78 is 1.78. The molecule has 1 atom stereocenters. The van der Waals surface area contributed by atoms with Crippen LogP contribution in [0.1, 0.15) is 48.4 Å². The molecule has 7 nitrogen and oxygen atoms in total. The first-order valence-corrected chi connectivity index (χ1v) is 11.0. The summed E-state index contributed by atoms with van der Waals surface area (Å²) in [6, 6.07) is 9.32. The van der Waals surface area contributed by atoms with Gasteiger partial charge in [-0.1, -0.05) is 23.7 Å². The number of nitrogens with zero attached hydrogens (tertiary/aromatic N) is 6. The molecule has 1 fully saturated rings. The predicted molar refractivity (Wildman–Crippen MR) is 122 cm³/mol. The Kier molecular flexibility index (Phi) is 6.23. The molecule has 31 heavy (non-hydrogen) atoms. The number of anilines is 1. The van der Waals surface area contributed by atoms with Crippen LogP contribution in [0.3, 0.4) is 0 Å². The lowest BCUT2D eigenvalue weighted by Crippen LogP contribution is -2.39. The number of aryl methyl sites for hydroxylation is 1. The summed E-state index contributed by atoms with van der Waals surface area (Å²) in [5, 5.41) is 5.09. The van der Waals surface area contributed by atoms with Crippen LogP contribution in [-0.2, 0) is 6.54 Å². The van der Waals surface area contributed by atoms with Crippen LogP contribution in [0, 0.1) is 0 Å². The van der Waals surface area contributed by atoms with E-state index in [0.29, 0.717) is 23.2 Å². The Morgan fingerprint density at radius 3 is 2.81 bits per heavy atom. The maximum Gasteiger partial charge on any atom is 0.274 e. The summed E-state index contributed by atoms with van der Waals surface area (Å²) in [7, 11) is 3.83. The number of benzene rings is 1. The van der Waals surface area contributed by atoms with Gasteiger partial charge < -0.3 is 9.80 Å². The molecular formula is C23H27ClN6O. The minimum atomic E-state index is -0.149. The molecule has 1 unspecified atom stereocenters. The van der Waals surface area contributed by atoms with Crippen LogP contribution in [-0.4, -0.2) is 51.2 Å². The number of hydrogen-bond acceptors (Lipinski definition) is 5. The Hall–Kier alpha value is -2.93. The van der Waals surface area contributed by atoms with Crippen molar-refractivity contribution in [3.8, 4) is 11.1 Å². The second-order valence-corrected chi connectivity index (χ2v) is 8.38. The number of aromatic nitrogens is 4. The minimum absolute atomic E-state index is 0.0565. The zero-order valence-corrected chi connectivity index (χ0v) is 18.9. The van der Waals surface area contributed by atoms with E-state index < -0.39 is 0 Å². The second-order valence-electron chi connectivity index (χ2n) is 7.94. The fraction of sp³-hybridized carbons (Fsp3) is 0.391. The summed E-state index contributed by atoms with van der Waals surface area (Å²) in [4.78, 5) is 26.6. The molecule has 0 radical (unpaired) electrons. The quantitative estimate of drug-likeness (QED) is 0.588. The summed E-state index contributed by atoms with van der Waals surface area (Å²) in [6.45, 7) is 3.42. The van der Waals surface area contributed by atoms with Gasteiger partial charge in [0.2, 0.25) is 5.95 Å². The van der Waals surface area contributed by atoms with Crippen molar-refractivity contribution in [2.24, 2.45) is 0 Å². The first-order valence-electron chi connectivity index (χ1n) is 10.6. The Morgan fingerprint density at radius 1 is 1.26 bits per heavy atom. The van der Waals surface area contributed by atoms with E-state index in [0.717, 1.165) is 42.6 Å². The van der Waals surface area contributed by atoms with Gasteiger partial charge in [0, 0.05) is 50.2 Å².